The minimum atomic E-state index is -0.399. The molecule has 3 aromatic rings. The zero-order chi connectivity index (χ0) is 24.9. The molecule has 11 heteroatoms. The van der Waals surface area contributed by atoms with Crippen molar-refractivity contribution < 1.29 is 19.1 Å². The average molecular weight is 480 g/mol. The number of fused-ring (bicyclic) bond motifs is 1. The number of rotatable bonds is 6. The zero-order valence-corrected chi connectivity index (χ0v) is 20.0. The summed E-state index contributed by atoms with van der Waals surface area (Å²) in [5, 5.41) is 6.58. The Bertz CT molecular complexity index is 1240. The number of urea groups is 1. The summed E-state index contributed by atoms with van der Waals surface area (Å²) in [6.45, 7) is 7.44. The summed E-state index contributed by atoms with van der Waals surface area (Å²) in [5.74, 6) is 0.156. The molecule has 1 unspecified atom stereocenters. The number of nitrogens with zero attached hydrogens (tertiary/aromatic N) is 4. The van der Waals surface area contributed by atoms with Crippen molar-refractivity contribution in [2.24, 2.45) is 0 Å². The fraction of sp³-hybridized carbons (Fsp3) is 0.375. The third kappa shape index (κ3) is 5.51. The first-order valence-corrected chi connectivity index (χ1v) is 11.5. The van der Waals surface area contributed by atoms with Crippen LogP contribution in [0.2, 0.25) is 0 Å². The van der Waals surface area contributed by atoms with Crippen LogP contribution in [0.3, 0.4) is 0 Å². The third-order valence-corrected chi connectivity index (χ3v) is 5.90. The van der Waals surface area contributed by atoms with Crippen molar-refractivity contribution in [1.29, 1.82) is 0 Å². The number of carbonyl (C=O) groups is 3. The Morgan fingerprint density at radius 1 is 1.23 bits per heavy atom. The molecule has 1 aliphatic rings. The van der Waals surface area contributed by atoms with E-state index in [1.165, 1.54) is 6.92 Å². The van der Waals surface area contributed by atoms with Gasteiger partial charge in [0, 0.05) is 50.0 Å². The van der Waals surface area contributed by atoms with Crippen LogP contribution in [0.1, 0.15) is 29.8 Å². The van der Waals surface area contributed by atoms with Crippen molar-refractivity contribution >= 4 is 40.4 Å². The molecule has 1 aliphatic heterocycles. The number of piperazine rings is 1. The normalized spacial score (nSPS) is 15.7. The van der Waals surface area contributed by atoms with Crippen LogP contribution in [0, 0.1) is 6.92 Å². The first-order valence-electron chi connectivity index (χ1n) is 11.5. The molecule has 35 heavy (non-hydrogen) atoms. The third-order valence-electron chi connectivity index (χ3n) is 5.90. The number of esters is 1. The van der Waals surface area contributed by atoms with Crippen LogP contribution in [-0.2, 0) is 9.53 Å². The van der Waals surface area contributed by atoms with Crippen LogP contribution >= 0.6 is 0 Å². The first-order chi connectivity index (χ1) is 16.8. The zero-order valence-electron chi connectivity index (χ0n) is 20.0. The van der Waals surface area contributed by atoms with E-state index in [0.29, 0.717) is 30.9 Å². The number of aromatic nitrogens is 3. The molecule has 2 aromatic heterocycles. The molecule has 3 heterocycles. The molecule has 0 radical (unpaired) electrons. The van der Waals surface area contributed by atoms with Gasteiger partial charge in [-0.3, -0.25) is 9.59 Å². The van der Waals surface area contributed by atoms with Crippen molar-refractivity contribution in [3.8, 4) is 0 Å². The summed E-state index contributed by atoms with van der Waals surface area (Å²) in [5.41, 5.74) is 2.81. The first kappa shape index (κ1) is 24.0. The Kier molecular flexibility index (Phi) is 7.14. The summed E-state index contributed by atoms with van der Waals surface area (Å²) in [7, 11) is 0. The van der Waals surface area contributed by atoms with E-state index in [9.17, 15) is 14.4 Å². The summed E-state index contributed by atoms with van der Waals surface area (Å²) < 4.78 is 4.81. The number of carbonyl (C=O) groups excluding carboxylic acids is 3. The van der Waals surface area contributed by atoms with E-state index in [0.717, 1.165) is 22.4 Å². The Hall–Kier alpha value is -4.15. The highest BCUT2D eigenvalue weighted by molar-refractivity contribution is 5.97. The van der Waals surface area contributed by atoms with Crippen molar-refractivity contribution in [1.82, 2.24) is 25.2 Å². The van der Waals surface area contributed by atoms with E-state index < -0.39 is 5.97 Å². The molecule has 4 rings (SSSR count). The molecule has 0 saturated carbocycles. The number of aryl methyl sites for hydroxylation is 1. The number of anilines is 2. The van der Waals surface area contributed by atoms with E-state index in [1.54, 1.807) is 35.5 Å². The second kappa shape index (κ2) is 10.4. The molecule has 0 aliphatic carbocycles. The van der Waals surface area contributed by atoms with Gasteiger partial charge in [-0.15, -0.1) is 0 Å². The lowest BCUT2D eigenvalue weighted by molar-refractivity contribution is -0.140. The number of hydrogen-bond acceptors (Lipinski definition) is 7. The summed E-state index contributed by atoms with van der Waals surface area (Å²) in [6, 6.07) is 6.44. The highest BCUT2D eigenvalue weighted by Gasteiger charge is 2.29. The Labute approximate surface area is 202 Å². The van der Waals surface area contributed by atoms with Gasteiger partial charge in [-0.05, 0) is 37.6 Å². The highest BCUT2D eigenvalue weighted by atomic mass is 16.5. The quantitative estimate of drug-likeness (QED) is 0.365. The standard InChI is InChI=1S/C24H29N7O4/c1-15-12-26-21-20(15)22(28-14-27-21)30-8-9-31(16(2)13-30)24(34)29-19-6-4-5-18(11-19)23(33)25-7-10-35-17(3)32/h4-6,11-12,14,16H,7-10,13H2,1-3H3,(H,25,33)(H,29,34)(H,26,27,28). The molecule has 11 nitrogen and oxygen atoms in total. The highest BCUT2D eigenvalue weighted by Crippen LogP contribution is 2.27. The van der Waals surface area contributed by atoms with Gasteiger partial charge in [-0.25, -0.2) is 14.8 Å². The maximum Gasteiger partial charge on any atom is 0.322 e. The number of ether oxygens (including phenoxy) is 1. The molecule has 1 saturated heterocycles. The van der Waals surface area contributed by atoms with Gasteiger partial charge in [0.15, 0.2) is 0 Å². The lowest BCUT2D eigenvalue weighted by Gasteiger charge is -2.40. The summed E-state index contributed by atoms with van der Waals surface area (Å²) in [4.78, 5) is 52.1. The molecule has 3 amide bonds. The Morgan fingerprint density at radius 3 is 2.83 bits per heavy atom. The van der Waals surface area contributed by atoms with E-state index in [1.807, 2.05) is 20.0 Å². The van der Waals surface area contributed by atoms with Crippen LogP contribution < -0.4 is 15.5 Å². The van der Waals surface area contributed by atoms with E-state index in [2.05, 4.69) is 30.5 Å². The van der Waals surface area contributed by atoms with Crippen molar-refractivity contribution in [3.63, 3.8) is 0 Å². The van der Waals surface area contributed by atoms with Crippen LogP contribution in [0.4, 0.5) is 16.3 Å². The largest absolute Gasteiger partial charge is 0.464 e. The van der Waals surface area contributed by atoms with Gasteiger partial charge in [0.1, 0.15) is 24.4 Å². The van der Waals surface area contributed by atoms with Gasteiger partial charge in [-0.1, -0.05) is 6.07 Å². The Balaban J connectivity index is 1.36. The molecule has 1 fully saturated rings. The minimum Gasteiger partial charge on any atom is -0.464 e. The molecule has 3 N–H and O–H groups in total. The SMILES string of the molecule is CC(=O)OCCNC(=O)c1cccc(NC(=O)N2CCN(c3ncnc4[nH]cc(C)c34)CC2C)c1. The maximum absolute atomic E-state index is 13.0. The van der Waals surface area contributed by atoms with Gasteiger partial charge in [0.2, 0.25) is 0 Å². The second-order valence-corrected chi connectivity index (χ2v) is 8.49. The fourth-order valence-electron chi connectivity index (χ4n) is 4.18. The van der Waals surface area contributed by atoms with Gasteiger partial charge in [-0.2, -0.15) is 0 Å². The number of benzene rings is 1. The Morgan fingerprint density at radius 2 is 2.06 bits per heavy atom. The fourth-order valence-corrected chi connectivity index (χ4v) is 4.18. The number of nitrogens with one attached hydrogen (secondary N) is 3. The lowest BCUT2D eigenvalue weighted by atomic mass is 10.1. The van der Waals surface area contributed by atoms with Gasteiger partial charge < -0.3 is 30.2 Å². The number of aromatic amines is 1. The smallest absolute Gasteiger partial charge is 0.322 e. The molecule has 0 spiro atoms. The van der Waals surface area contributed by atoms with Crippen molar-refractivity contribution in [2.75, 3.05) is 43.0 Å². The molecule has 1 aromatic carbocycles. The van der Waals surface area contributed by atoms with Crippen LogP contribution in [0.5, 0.6) is 0 Å². The molecular formula is C24H29N7O4. The lowest BCUT2D eigenvalue weighted by Crippen LogP contribution is -2.55. The van der Waals surface area contributed by atoms with Crippen molar-refractivity contribution in [2.45, 2.75) is 26.8 Å². The van der Waals surface area contributed by atoms with E-state index in [4.69, 9.17) is 4.74 Å². The molecule has 1 atom stereocenters. The number of hydrogen-bond donors (Lipinski definition) is 3. The molecular weight excluding hydrogens is 450 g/mol. The maximum atomic E-state index is 13.0. The summed E-state index contributed by atoms with van der Waals surface area (Å²) in [6.07, 6.45) is 3.47. The molecule has 0 bridgehead atoms. The van der Waals surface area contributed by atoms with Crippen molar-refractivity contribution in [3.05, 3.63) is 47.9 Å². The number of H-pyrrole nitrogens is 1. The topological polar surface area (TPSA) is 133 Å². The average Bonchev–Trinajstić information content (AvgIpc) is 3.22. The predicted octanol–water partition coefficient (Wildman–Crippen LogP) is 2.30. The monoisotopic (exact) mass is 479 g/mol. The minimum absolute atomic E-state index is 0.0548. The van der Waals surface area contributed by atoms with Gasteiger partial charge in [0.25, 0.3) is 5.91 Å². The van der Waals surface area contributed by atoms with E-state index >= 15 is 0 Å². The van der Waals surface area contributed by atoms with Crippen LogP contribution in [-0.4, -0.2) is 76.6 Å². The van der Waals surface area contributed by atoms with E-state index in [-0.39, 0.29) is 31.1 Å². The van der Waals surface area contributed by atoms with Gasteiger partial charge >= 0.3 is 12.0 Å². The predicted molar refractivity (Wildman–Crippen MR) is 131 cm³/mol. The van der Waals surface area contributed by atoms with Gasteiger partial charge in [0.05, 0.1) is 11.9 Å². The second-order valence-electron chi connectivity index (χ2n) is 8.49. The van der Waals surface area contributed by atoms with Crippen LogP contribution in [0.15, 0.2) is 36.8 Å². The molecule has 184 valence electrons. The summed E-state index contributed by atoms with van der Waals surface area (Å²) >= 11 is 0. The number of amides is 3. The van der Waals surface area contributed by atoms with Crippen LogP contribution in [0.25, 0.3) is 11.0 Å².